The molecule has 0 spiro atoms. The zero-order valence-corrected chi connectivity index (χ0v) is 14.4. The first-order valence-corrected chi connectivity index (χ1v) is 8.23. The summed E-state index contributed by atoms with van der Waals surface area (Å²) in [7, 11) is 0. The van der Waals surface area contributed by atoms with E-state index in [9.17, 15) is 4.79 Å². The minimum Gasteiger partial charge on any atom is -0.493 e. The van der Waals surface area contributed by atoms with Crippen LogP contribution in [0.4, 0.5) is 0 Å². The lowest BCUT2D eigenvalue weighted by Crippen LogP contribution is -2.45. The van der Waals surface area contributed by atoms with Crippen LogP contribution in [-0.2, 0) is 11.3 Å². The maximum Gasteiger partial charge on any atom is 0.227 e. The third kappa shape index (κ3) is 4.47. The van der Waals surface area contributed by atoms with E-state index in [1.165, 1.54) is 0 Å². The van der Waals surface area contributed by atoms with Crippen LogP contribution in [0.2, 0.25) is 0 Å². The Morgan fingerprint density at radius 3 is 2.50 bits per heavy atom. The summed E-state index contributed by atoms with van der Waals surface area (Å²) < 4.78 is 5.79. The highest BCUT2D eigenvalue weighted by atomic mass is 16.5. The molecule has 1 amide bonds. The van der Waals surface area contributed by atoms with Crippen molar-refractivity contribution in [2.75, 3.05) is 13.2 Å². The van der Waals surface area contributed by atoms with Crippen LogP contribution in [0.25, 0.3) is 0 Å². The predicted molar refractivity (Wildman–Crippen MR) is 90.9 cm³/mol. The van der Waals surface area contributed by atoms with Crippen LogP contribution in [0.3, 0.4) is 0 Å². The van der Waals surface area contributed by atoms with Crippen LogP contribution >= 0.6 is 0 Å². The van der Waals surface area contributed by atoms with E-state index >= 15 is 0 Å². The number of hydrogen-bond donors (Lipinski definition) is 2. The molecule has 0 aliphatic heterocycles. The Bertz CT molecular complexity index is 474. The number of carbonyl (C=O) groups excluding carboxylic acids is 1. The average molecular weight is 306 g/mol. The zero-order chi connectivity index (χ0) is 16.6. The number of carbonyl (C=O) groups is 1. The fourth-order valence-electron chi connectivity index (χ4n) is 2.47. The minimum atomic E-state index is -0.463. The number of amides is 1. The predicted octanol–water partition coefficient (Wildman–Crippen LogP) is 3.17. The van der Waals surface area contributed by atoms with Crippen molar-refractivity contribution in [3.8, 4) is 5.75 Å². The minimum absolute atomic E-state index is 0.0296. The number of nitrogens with one attached hydrogen (secondary N) is 1. The smallest absolute Gasteiger partial charge is 0.227 e. The number of nitrogens with two attached hydrogens (primary N) is 1. The lowest BCUT2D eigenvalue weighted by molar-refractivity contribution is -0.131. The summed E-state index contributed by atoms with van der Waals surface area (Å²) in [6.45, 7) is 9.67. The molecule has 3 N–H and O–H groups in total. The van der Waals surface area contributed by atoms with Crippen LogP contribution in [-0.4, -0.2) is 19.1 Å². The Morgan fingerprint density at radius 1 is 1.27 bits per heavy atom. The molecule has 124 valence electrons. The molecule has 0 saturated carbocycles. The fourth-order valence-corrected chi connectivity index (χ4v) is 2.47. The van der Waals surface area contributed by atoms with Crippen molar-refractivity contribution in [1.82, 2.24) is 5.32 Å². The Kier molecular flexibility index (Phi) is 7.39. The second kappa shape index (κ2) is 8.79. The topological polar surface area (TPSA) is 64.3 Å². The summed E-state index contributed by atoms with van der Waals surface area (Å²) in [4.78, 5) is 12.5. The van der Waals surface area contributed by atoms with Gasteiger partial charge in [-0.2, -0.15) is 0 Å². The molecule has 22 heavy (non-hydrogen) atoms. The van der Waals surface area contributed by atoms with Crippen molar-refractivity contribution in [2.45, 2.75) is 53.5 Å². The number of benzene rings is 1. The van der Waals surface area contributed by atoms with Crippen LogP contribution in [0.1, 0.15) is 51.2 Å². The highest BCUT2D eigenvalue weighted by molar-refractivity contribution is 5.82. The molecule has 0 aromatic heterocycles. The van der Waals surface area contributed by atoms with Gasteiger partial charge < -0.3 is 15.8 Å². The van der Waals surface area contributed by atoms with Crippen molar-refractivity contribution in [2.24, 2.45) is 11.1 Å². The molecule has 0 saturated heterocycles. The molecule has 0 fully saturated rings. The molecule has 4 nitrogen and oxygen atoms in total. The number of hydrogen-bond acceptors (Lipinski definition) is 3. The molecule has 0 unspecified atom stereocenters. The van der Waals surface area contributed by atoms with Gasteiger partial charge in [-0.3, -0.25) is 4.79 Å². The molecular formula is C18H30N2O2. The molecule has 1 aromatic carbocycles. The average Bonchev–Trinajstić information content (AvgIpc) is 2.54. The normalized spacial score (nSPS) is 11.3. The Labute approximate surface area is 134 Å². The van der Waals surface area contributed by atoms with Gasteiger partial charge in [-0.15, -0.1) is 0 Å². The van der Waals surface area contributed by atoms with E-state index in [1.54, 1.807) is 0 Å². The molecule has 0 heterocycles. The van der Waals surface area contributed by atoms with E-state index in [0.29, 0.717) is 19.7 Å². The summed E-state index contributed by atoms with van der Waals surface area (Å²) in [5.74, 6) is 0.885. The molecule has 0 aliphatic rings. The van der Waals surface area contributed by atoms with E-state index in [2.05, 4.69) is 12.2 Å². The van der Waals surface area contributed by atoms with E-state index < -0.39 is 5.41 Å². The van der Waals surface area contributed by atoms with Crippen molar-refractivity contribution in [3.05, 3.63) is 29.3 Å². The summed E-state index contributed by atoms with van der Waals surface area (Å²) in [5, 5.41) is 3.03. The van der Waals surface area contributed by atoms with Crippen LogP contribution in [0.15, 0.2) is 18.2 Å². The molecule has 0 atom stereocenters. The van der Waals surface area contributed by atoms with Crippen LogP contribution < -0.4 is 15.8 Å². The van der Waals surface area contributed by atoms with Gasteiger partial charge in [-0.1, -0.05) is 32.9 Å². The molecule has 0 bridgehead atoms. The molecule has 1 aromatic rings. The van der Waals surface area contributed by atoms with Gasteiger partial charge in [0.2, 0.25) is 5.91 Å². The first-order valence-electron chi connectivity index (χ1n) is 8.23. The summed E-state index contributed by atoms with van der Waals surface area (Å²) >= 11 is 0. The highest BCUT2D eigenvalue weighted by Crippen LogP contribution is 2.26. The van der Waals surface area contributed by atoms with Crippen molar-refractivity contribution < 1.29 is 9.53 Å². The van der Waals surface area contributed by atoms with E-state index in [4.69, 9.17) is 10.5 Å². The van der Waals surface area contributed by atoms with Crippen LogP contribution in [0.5, 0.6) is 5.75 Å². The standard InChI is InChI=1S/C18H30N2O2/c1-5-10-22-16-11-14(4)8-9-15(16)12-20-17(21)18(6-2,7-3)13-19/h8-9,11H,5-7,10,12-13,19H2,1-4H3,(H,20,21). The van der Waals surface area contributed by atoms with Crippen molar-refractivity contribution in [1.29, 1.82) is 0 Å². The van der Waals surface area contributed by atoms with E-state index in [1.807, 2.05) is 39.0 Å². The molecule has 0 aliphatic carbocycles. The largest absolute Gasteiger partial charge is 0.493 e. The van der Waals surface area contributed by atoms with E-state index in [-0.39, 0.29) is 5.91 Å². The summed E-state index contributed by atoms with van der Waals surface area (Å²) in [6.07, 6.45) is 2.46. The first-order chi connectivity index (χ1) is 10.5. The molecule has 4 heteroatoms. The van der Waals surface area contributed by atoms with E-state index in [0.717, 1.165) is 36.1 Å². The second-order valence-corrected chi connectivity index (χ2v) is 5.83. The highest BCUT2D eigenvalue weighted by Gasteiger charge is 2.33. The van der Waals surface area contributed by atoms with Gasteiger partial charge in [0.15, 0.2) is 0 Å². The first kappa shape index (κ1) is 18.5. The van der Waals surface area contributed by atoms with Gasteiger partial charge >= 0.3 is 0 Å². The number of ether oxygens (including phenoxy) is 1. The Morgan fingerprint density at radius 2 is 1.95 bits per heavy atom. The quantitative estimate of drug-likeness (QED) is 0.736. The number of aryl methyl sites for hydroxylation is 1. The molecular weight excluding hydrogens is 276 g/mol. The van der Waals surface area contributed by atoms with Crippen molar-refractivity contribution in [3.63, 3.8) is 0 Å². The van der Waals surface area contributed by atoms with Gasteiger partial charge in [-0.25, -0.2) is 0 Å². The number of rotatable bonds is 9. The Hall–Kier alpha value is -1.55. The fraction of sp³-hybridized carbons (Fsp3) is 0.611. The Balaban J connectivity index is 2.81. The van der Waals surface area contributed by atoms with Gasteiger partial charge in [-0.05, 0) is 37.8 Å². The van der Waals surface area contributed by atoms with Crippen LogP contribution in [0, 0.1) is 12.3 Å². The maximum absolute atomic E-state index is 12.5. The molecule has 1 rings (SSSR count). The van der Waals surface area contributed by atoms with Gasteiger partial charge in [0, 0.05) is 18.7 Å². The third-order valence-electron chi connectivity index (χ3n) is 4.35. The lowest BCUT2D eigenvalue weighted by Gasteiger charge is -2.28. The summed E-state index contributed by atoms with van der Waals surface area (Å²) in [5.41, 5.74) is 7.52. The maximum atomic E-state index is 12.5. The SMILES string of the molecule is CCCOc1cc(C)ccc1CNC(=O)C(CC)(CC)CN. The molecule has 0 radical (unpaired) electrons. The van der Waals surface area contributed by atoms with Crippen molar-refractivity contribution >= 4 is 5.91 Å². The van der Waals surface area contributed by atoms with Gasteiger partial charge in [0.1, 0.15) is 5.75 Å². The lowest BCUT2D eigenvalue weighted by atomic mass is 9.81. The zero-order valence-electron chi connectivity index (χ0n) is 14.4. The second-order valence-electron chi connectivity index (χ2n) is 5.83. The van der Waals surface area contributed by atoms with Gasteiger partial charge in [0.05, 0.1) is 12.0 Å². The summed E-state index contributed by atoms with van der Waals surface area (Å²) in [6, 6.07) is 6.08. The van der Waals surface area contributed by atoms with Gasteiger partial charge in [0.25, 0.3) is 0 Å². The monoisotopic (exact) mass is 306 g/mol. The third-order valence-corrected chi connectivity index (χ3v) is 4.35.